The molecular formula is C48H37BN2S. The van der Waals surface area contributed by atoms with Crippen LogP contribution in [0.1, 0.15) is 26.3 Å². The van der Waals surface area contributed by atoms with Crippen molar-refractivity contribution in [1.82, 2.24) is 0 Å². The van der Waals surface area contributed by atoms with E-state index in [2.05, 4.69) is 200 Å². The van der Waals surface area contributed by atoms with E-state index < -0.39 is 0 Å². The van der Waals surface area contributed by atoms with Crippen LogP contribution in [-0.2, 0) is 5.41 Å². The Morgan fingerprint density at radius 2 is 1.21 bits per heavy atom. The van der Waals surface area contributed by atoms with Gasteiger partial charge in [-0.05, 0) is 110 Å². The average Bonchev–Trinajstić information content (AvgIpc) is 3.71. The van der Waals surface area contributed by atoms with Crippen molar-refractivity contribution >= 4 is 78.6 Å². The lowest BCUT2D eigenvalue weighted by molar-refractivity contribution is 0.590. The first kappa shape index (κ1) is 30.9. The number of benzene rings is 7. The number of rotatable bonds is 5. The number of hydrogen-bond donors (Lipinski definition) is 0. The minimum absolute atomic E-state index is 0.0896. The van der Waals surface area contributed by atoms with E-state index in [9.17, 15) is 0 Å². The molecule has 0 fully saturated rings. The van der Waals surface area contributed by atoms with Crippen LogP contribution in [0.3, 0.4) is 0 Å². The predicted molar refractivity (Wildman–Crippen MR) is 225 cm³/mol. The highest BCUT2D eigenvalue weighted by molar-refractivity contribution is 7.27. The summed E-state index contributed by atoms with van der Waals surface area (Å²) >= 11 is 1.94. The van der Waals surface area contributed by atoms with Crippen molar-refractivity contribution in [2.24, 2.45) is 0 Å². The third-order valence-corrected chi connectivity index (χ3v) is 12.0. The summed E-state index contributed by atoms with van der Waals surface area (Å²) in [6, 6.07) is 62.5. The number of fused-ring (bicyclic) bond motifs is 7. The summed E-state index contributed by atoms with van der Waals surface area (Å²) in [6.07, 6.45) is 0. The summed E-state index contributed by atoms with van der Waals surface area (Å²) < 4.78 is 1.32. The highest BCUT2D eigenvalue weighted by atomic mass is 32.1. The molecule has 0 spiro atoms. The zero-order valence-electron chi connectivity index (χ0n) is 29.5. The fourth-order valence-corrected chi connectivity index (χ4v) is 9.66. The summed E-state index contributed by atoms with van der Waals surface area (Å²) in [6.45, 7) is 7.01. The molecule has 0 radical (unpaired) electrons. The summed E-state index contributed by atoms with van der Waals surface area (Å²) in [7, 11) is 0. The quantitative estimate of drug-likeness (QED) is 0.167. The summed E-state index contributed by atoms with van der Waals surface area (Å²) in [5.41, 5.74) is 16.7. The van der Waals surface area contributed by atoms with Crippen molar-refractivity contribution < 1.29 is 0 Å². The molecule has 10 rings (SSSR count). The Labute approximate surface area is 310 Å². The van der Waals surface area contributed by atoms with Gasteiger partial charge in [-0.25, -0.2) is 0 Å². The highest BCUT2D eigenvalue weighted by Gasteiger charge is 2.44. The largest absolute Gasteiger partial charge is 0.311 e. The van der Waals surface area contributed by atoms with E-state index in [0.29, 0.717) is 0 Å². The van der Waals surface area contributed by atoms with E-state index >= 15 is 0 Å². The number of nitrogens with zero attached hydrogens (tertiary/aromatic N) is 2. The van der Waals surface area contributed by atoms with Gasteiger partial charge in [-0.2, -0.15) is 0 Å². The zero-order chi connectivity index (χ0) is 35.0. The Hall–Kier alpha value is -5.84. The molecule has 0 saturated carbocycles. The molecule has 2 aliphatic rings. The number of anilines is 6. The molecule has 52 heavy (non-hydrogen) atoms. The van der Waals surface area contributed by atoms with Crippen LogP contribution in [0.15, 0.2) is 170 Å². The van der Waals surface area contributed by atoms with Gasteiger partial charge in [-0.3, -0.25) is 0 Å². The van der Waals surface area contributed by atoms with E-state index in [0.717, 1.165) is 11.4 Å². The molecule has 0 saturated heterocycles. The molecule has 1 aromatic heterocycles. The van der Waals surface area contributed by atoms with Crippen LogP contribution < -0.4 is 26.2 Å². The Morgan fingerprint density at radius 3 is 1.88 bits per heavy atom. The van der Waals surface area contributed by atoms with Crippen LogP contribution in [0.2, 0.25) is 0 Å². The molecule has 0 aliphatic carbocycles. The monoisotopic (exact) mass is 684 g/mol. The standard InChI is InChI=1S/C48H37BN2S/c1-48(2,3)34-23-25-37(26-24-34)51-42-21-13-20-40-45(42)49(41-29-22-33(30-43(41)51)32-14-7-4-8-15-32)46-39-28-27-38(31-44(39)52-47(40)46)50(35-16-9-5-10-17-35)36-18-11-6-12-19-36/h4-31H,1-3H3. The van der Waals surface area contributed by atoms with Gasteiger partial charge in [0.2, 0.25) is 6.71 Å². The fraction of sp³-hybridized carbons (Fsp3) is 0.0833. The van der Waals surface area contributed by atoms with Gasteiger partial charge in [-0.15, -0.1) is 11.3 Å². The maximum absolute atomic E-state index is 2.51. The lowest BCUT2D eigenvalue weighted by Crippen LogP contribution is -2.54. The van der Waals surface area contributed by atoms with Crippen LogP contribution in [0.25, 0.3) is 31.7 Å². The molecule has 0 atom stereocenters. The average molecular weight is 685 g/mol. The summed E-state index contributed by atoms with van der Waals surface area (Å²) in [5.74, 6) is 0. The van der Waals surface area contributed by atoms with Crippen LogP contribution >= 0.6 is 11.3 Å². The maximum atomic E-state index is 2.51. The summed E-state index contributed by atoms with van der Waals surface area (Å²) in [5, 5.41) is 1.35. The lowest BCUT2D eigenvalue weighted by atomic mass is 9.37. The Bertz CT molecular complexity index is 2570. The minimum Gasteiger partial charge on any atom is -0.311 e. The van der Waals surface area contributed by atoms with E-state index in [1.807, 2.05) is 11.3 Å². The second-order valence-electron chi connectivity index (χ2n) is 15.0. The second-order valence-corrected chi connectivity index (χ2v) is 16.0. The van der Waals surface area contributed by atoms with Gasteiger partial charge in [0, 0.05) is 43.7 Å². The summed E-state index contributed by atoms with van der Waals surface area (Å²) in [4.78, 5) is 6.26. The van der Waals surface area contributed by atoms with E-state index in [-0.39, 0.29) is 12.1 Å². The molecule has 0 unspecified atom stereocenters. The lowest BCUT2D eigenvalue weighted by Gasteiger charge is -2.36. The second kappa shape index (κ2) is 11.9. The van der Waals surface area contributed by atoms with Crippen molar-refractivity contribution in [2.75, 3.05) is 9.80 Å². The van der Waals surface area contributed by atoms with E-state index in [1.54, 1.807) is 0 Å². The van der Waals surface area contributed by atoms with Crippen molar-refractivity contribution in [3.8, 4) is 21.6 Å². The molecule has 3 heterocycles. The predicted octanol–water partition coefficient (Wildman–Crippen LogP) is 11.6. The zero-order valence-corrected chi connectivity index (χ0v) is 30.4. The Kier molecular flexibility index (Phi) is 7.06. The van der Waals surface area contributed by atoms with E-state index in [1.165, 1.54) is 76.4 Å². The van der Waals surface area contributed by atoms with Crippen LogP contribution in [0.4, 0.5) is 34.1 Å². The van der Waals surface area contributed by atoms with Crippen LogP contribution in [0.5, 0.6) is 0 Å². The minimum atomic E-state index is 0.0896. The van der Waals surface area contributed by atoms with Crippen LogP contribution in [-0.4, -0.2) is 6.71 Å². The van der Waals surface area contributed by atoms with E-state index in [4.69, 9.17) is 0 Å². The fourth-order valence-electron chi connectivity index (χ4n) is 8.35. The third kappa shape index (κ3) is 4.86. The number of thiophene rings is 1. The molecule has 4 heteroatoms. The first-order valence-electron chi connectivity index (χ1n) is 18.1. The number of hydrogen-bond acceptors (Lipinski definition) is 3. The normalized spacial score (nSPS) is 12.8. The molecule has 7 aromatic carbocycles. The molecular weight excluding hydrogens is 647 g/mol. The van der Waals surface area contributed by atoms with Gasteiger partial charge in [-0.1, -0.05) is 130 Å². The first-order chi connectivity index (χ1) is 25.4. The van der Waals surface area contributed by atoms with Gasteiger partial charge >= 0.3 is 0 Å². The smallest absolute Gasteiger partial charge is 0.250 e. The van der Waals surface area contributed by atoms with Gasteiger partial charge in [0.05, 0.1) is 0 Å². The van der Waals surface area contributed by atoms with Crippen molar-refractivity contribution in [3.63, 3.8) is 0 Å². The van der Waals surface area contributed by atoms with Gasteiger partial charge in [0.15, 0.2) is 0 Å². The van der Waals surface area contributed by atoms with Gasteiger partial charge in [0.1, 0.15) is 0 Å². The van der Waals surface area contributed by atoms with Gasteiger partial charge < -0.3 is 9.80 Å². The molecule has 2 nitrogen and oxygen atoms in total. The molecule has 248 valence electrons. The third-order valence-electron chi connectivity index (χ3n) is 10.8. The van der Waals surface area contributed by atoms with Crippen molar-refractivity contribution in [2.45, 2.75) is 26.2 Å². The molecule has 0 N–H and O–H groups in total. The SMILES string of the molecule is CC(C)(C)c1ccc(N2c3cc(-c4ccccc4)ccc3B3c4c(cccc42)-c2sc4cc(N(c5ccccc5)c5ccccc5)ccc4c23)cc1. The van der Waals surface area contributed by atoms with Crippen molar-refractivity contribution in [1.29, 1.82) is 0 Å². The molecule has 2 aliphatic heterocycles. The molecule has 0 amide bonds. The maximum Gasteiger partial charge on any atom is 0.250 e. The van der Waals surface area contributed by atoms with Crippen LogP contribution in [0, 0.1) is 0 Å². The Morgan fingerprint density at radius 1 is 0.538 bits per heavy atom. The molecule has 0 bridgehead atoms. The Balaban J connectivity index is 1.17. The van der Waals surface area contributed by atoms with Crippen molar-refractivity contribution in [3.05, 3.63) is 175 Å². The van der Waals surface area contributed by atoms with Gasteiger partial charge in [0.25, 0.3) is 0 Å². The first-order valence-corrected chi connectivity index (χ1v) is 19.0. The highest BCUT2D eigenvalue weighted by Crippen LogP contribution is 2.46. The topological polar surface area (TPSA) is 6.48 Å². The number of para-hydroxylation sites is 2. The molecule has 8 aromatic rings.